The zero-order valence-electron chi connectivity index (χ0n) is 27.4. The lowest BCUT2D eigenvalue weighted by Gasteiger charge is -2.13. The number of nitrogens with zero attached hydrogens (tertiary/aromatic N) is 4. The van der Waals surface area contributed by atoms with Crippen LogP contribution in [-0.4, -0.2) is 19.9 Å². The first-order valence-electron chi connectivity index (χ1n) is 17.0. The maximum atomic E-state index is 6.71. The molecule has 7 aromatic carbocycles. The van der Waals surface area contributed by atoms with Crippen LogP contribution >= 0.6 is 0 Å². The van der Waals surface area contributed by atoms with Crippen molar-refractivity contribution in [3.05, 3.63) is 170 Å². The van der Waals surface area contributed by atoms with Crippen LogP contribution in [0.15, 0.2) is 175 Å². The van der Waals surface area contributed by atoms with Crippen molar-refractivity contribution in [3.8, 4) is 56.4 Å². The minimum atomic E-state index is 0.574. The number of hydrogen-bond donors (Lipinski definition) is 0. The molecule has 238 valence electrons. The van der Waals surface area contributed by atoms with Crippen molar-refractivity contribution < 1.29 is 4.42 Å². The fraction of sp³-hybridized carbons (Fsp3) is 0. The van der Waals surface area contributed by atoms with Crippen molar-refractivity contribution in [2.24, 2.45) is 0 Å². The van der Waals surface area contributed by atoms with E-state index in [0.717, 1.165) is 60.7 Å². The van der Waals surface area contributed by atoms with Gasteiger partial charge in [-0.2, -0.15) is 0 Å². The molecule has 10 aromatic rings. The molecule has 0 aliphatic heterocycles. The normalized spacial score (nSPS) is 11.5. The number of hydrogen-bond acceptors (Lipinski definition) is 5. The van der Waals surface area contributed by atoms with Gasteiger partial charge in [-0.05, 0) is 62.5 Å². The zero-order chi connectivity index (χ0) is 33.7. The van der Waals surface area contributed by atoms with Crippen molar-refractivity contribution in [2.45, 2.75) is 0 Å². The maximum absolute atomic E-state index is 6.71. The Bertz CT molecular complexity index is 2900. The molecule has 0 radical (unpaired) electrons. The van der Waals surface area contributed by atoms with Gasteiger partial charge in [0, 0.05) is 39.2 Å². The highest BCUT2D eigenvalue weighted by Crippen LogP contribution is 2.44. The molecule has 5 nitrogen and oxygen atoms in total. The van der Waals surface area contributed by atoms with Gasteiger partial charge in [0.25, 0.3) is 0 Å². The third-order valence-electron chi connectivity index (χ3n) is 9.64. The molecular formula is C46H28N4O. The van der Waals surface area contributed by atoms with Gasteiger partial charge < -0.3 is 4.42 Å². The summed E-state index contributed by atoms with van der Waals surface area (Å²) in [6.45, 7) is 0. The molecule has 0 spiro atoms. The molecule has 0 fully saturated rings. The van der Waals surface area contributed by atoms with E-state index in [2.05, 4.69) is 120 Å². The summed E-state index contributed by atoms with van der Waals surface area (Å²) in [5, 5.41) is 6.66. The van der Waals surface area contributed by atoms with Gasteiger partial charge in [-0.3, -0.25) is 4.98 Å². The van der Waals surface area contributed by atoms with E-state index < -0.39 is 0 Å². The summed E-state index contributed by atoms with van der Waals surface area (Å²) in [5.74, 6) is 1.78. The largest absolute Gasteiger partial charge is 0.454 e. The number of aromatic nitrogens is 4. The third-order valence-corrected chi connectivity index (χ3v) is 9.64. The molecule has 0 aliphatic carbocycles. The Morgan fingerprint density at radius 2 is 0.961 bits per heavy atom. The monoisotopic (exact) mass is 652 g/mol. The van der Waals surface area contributed by atoms with Gasteiger partial charge in [0.05, 0.1) is 6.20 Å². The topological polar surface area (TPSA) is 64.7 Å². The highest BCUT2D eigenvalue weighted by Gasteiger charge is 2.22. The fourth-order valence-electron chi connectivity index (χ4n) is 7.19. The van der Waals surface area contributed by atoms with Gasteiger partial charge in [0.1, 0.15) is 5.58 Å². The highest BCUT2D eigenvalue weighted by atomic mass is 16.3. The Hall–Kier alpha value is -6.98. The first-order valence-corrected chi connectivity index (χ1v) is 17.0. The maximum Gasteiger partial charge on any atom is 0.164 e. The van der Waals surface area contributed by atoms with Crippen molar-refractivity contribution in [3.63, 3.8) is 0 Å². The molecule has 51 heavy (non-hydrogen) atoms. The summed E-state index contributed by atoms with van der Waals surface area (Å²) in [4.78, 5) is 19.7. The second kappa shape index (κ2) is 11.9. The van der Waals surface area contributed by atoms with E-state index in [1.54, 1.807) is 6.20 Å². The van der Waals surface area contributed by atoms with Gasteiger partial charge in [0.15, 0.2) is 23.1 Å². The Kier molecular flexibility index (Phi) is 6.74. The van der Waals surface area contributed by atoms with E-state index >= 15 is 0 Å². The van der Waals surface area contributed by atoms with Crippen LogP contribution in [0.2, 0.25) is 0 Å². The Morgan fingerprint density at radius 1 is 0.392 bits per heavy atom. The molecule has 0 atom stereocenters. The second-order valence-electron chi connectivity index (χ2n) is 12.6. The Balaban J connectivity index is 1.22. The van der Waals surface area contributed by atoms with Crippen LogP contribution in [0, 0.1) is 0 Å². The SMILES string of the molecule is c1ccc(-c2ccc(-c3nc(-c4ccccc4)nc(-c4ccc(-c5cc6ccccc6c6ccccc56)c5oc6cnccc6c45)n3)cc2)cc1. The second-order valence-corrected chi connectivity index (χ2v) is 12.6. The Morgan fingerprint density at radius 3 is 1.73 bits per heavy atom. The summed E-state index contributed by atoms with van der Waals surface area (Å²) in [5.41, 5.74) is 8.57. The minimum absolute atomic E-state index is 0.574. The molecular weight excluding hydrogens is 625 g/mol. The molecule has 0 bridgehead atoms. The molecule has 0 saturated carbocycles. The molecule has 0 saturated heterocycles. The van der Waals surface area contributed by atoms with Gasteiger partial charge in [-0.25, -0.2) is 15.0 Å². The van der Waals surface area contributed by atoms with E-state index in [0.29, 0.717) is 23.1 Å². The zero-order valence-corrected chi connectivity index (χ0v) is 27.4. The molecule has 0 unspecified atom stereocenters. The first-order chi connectivity index (χ1) is 25.3. The lowest BCUT2D eigenvalue weighted by atomic mass is 9.91. The van der Waals surface area contributed by atoms with E-state index in [9.17, 15) is 0 Å². The van der Waals surface area contributed by atoms with Crippen LogP contribution in [0.5, 0.6) is 0 Å². The molecule has 10 rings (SSSR count). The van der Waals surface area contributed by atoms with Gasteiger partial charge in [-0.1, -0.05) is 133 Å². The van der Waals surface area contributed by atoms with Crippen molar-refractivity contribution in [2.75, 3.05) is 0 Å². The summed E-state index contributed by atoms with van der Waals surface area (Å²) < 4.78 is 6.71. The lowest BCUT2D eigenvalue weighted by molar-refractivity contribution is 0.668. The van der Waals surface area contributed by atoms with Crippen LogP contribution in [0.25, 0.3) is 99.9 Å². The summed E-state index contributed by atoms with van der Waals surface area (Å²) >= 11 is 0. The van der Waals surface area contributed by atoms with Crippen LogP contribution in [0.4, 0.5) is 0 Å². The van der Waals surface area contributed by atoms with Crippen LogP contribution < -0.4 is 0 Å². The first kappa shape index (κ1) is 29.0. The molecule has 0 N–H and O–H groups in total. The van der Waals surface area contributed by atoms with E-state index in [1.165, 1.54) is 16.2 Å². The summed E-state index contributed by atoms with van der Waals surface area (Å²) in [6.07, 6.45) is 3.59. The fourth-order valence-corrected chi connectivity index (χ4v) is 7.19. The van der Waals surface area contributed by atoms with E-state index in [4.69, 9.17) is 19.4 Å². The number of fused-ring (bicyclic) bond motifs is 6. The predicted molar refractivity (Wildman–Crippen MR) is 207 cm³/mol. The van der Waals surface area contributed by atoms with Crippen molar-refractivity contribution in [1.29, 1.82) is 0 Å². The molecule has 3 aromatic heterocycles. The number of pyridine rings is 1. The summed E-state index contributed by atoms with van der Waals surface area (Å²) in [6, 6.07) is 54.5. The van der Waals surface area contributed by atoms with Crippen LogP contribution in [0.1, 0.15) is 0 Å². The summed E-state index contributed by atoms with van der Waals surface area (Å²) in [7, 11) is 0. The van der Waals surface area contributed by atoms with E-state index in [-0.39, 0.29) is 0 Å². The predicted octanol–water partition coefficient (Wildman–Crippen LogP) is 11.8. The highest BCUT2D eigenvalue weighted by molar-refractivity contribution is 6.20. The van der Waals surface area contributed by atoms with Gasteiger partial charge in [-0.15, -0.1) is 0 Å². The van der Waals surface area contributed by atoms with Crippen molar-refractivity contribution >= 4 is 43.5 Å². The molecule has 0 amide bonds. The molecule has 5 heteroatoms. The average Bonchev–Trinajstić information content (AvgIpc) is 3.61. The van der Waals surface area contributed by atoms with E-state index in [1.807, 2.05) is 48.7 Å². The molecule has 0 aliphatic rings. The van der Waals surface area contributed by atoms with Gasteiger partial charge >= 0.3 is 0 Å². The van der Waals surface area contributed by atoms with Gasteiger partial charge in [0.2, 0.25) is 0 Å². The van der Waals surface area contributed by atoms with Crippen molar-refractivity contribution in [1.82, 2.24) is 19.9 Å². The Labute approximate surface area is 293 Å². The smallest absolute Gasteiger partial charge is 0.164 e. The average molecular weight is 653 g/mol. The standard InChI is InChI=1S/C46H28N4O/c1-3-11-29(12-4-1)30-19-21-32(22-20-30)45-48-44(31-13-5-2-6-14-31)49-46(50-45)39-24-23-37(43-42(39)38-25-26-47-28-41(38)51-43)40-27-33-15-7-8-16-34(33)35-17-9-10-18-36(35)40/h1-28H. The van der Waals surface area contributed by atoms with Crippen LogP contribution in [-0.2, 0) is 0 Å². The number of rotatable bonds is 5. The molecule has 3 heterocycles. The number of benzene rings is 7. The quantitative estimate of drug-likeness (QED) is 0.173. The van der Waals surface area contributed by atoms with Crippen LogP contribution in [0.3, 0.4) is 0 Å². The lowest BCUT2D eigenvalue weighted by Crippen LogP contribution is -2.00. The third kappa shape index (κ3) is 4.94. The number of furan rings is 1. The minimum Gasteiger partial charge on any atom is -0.454 e.